The molecule has 0 atom stereocenters. The molecule has 0 radical (unpaired) electrons. The molecule has 3 aromatic rings. The van der Waals surface area contributed by atoms with Crippen LogP contribution in [-0.2, 0) is 0 Å². The molecular weight excluding hydrogens is 336 g/mol. The van der Waals surface area contributed by atoms with Crippen LogP contribution in [0.15, 0.2) is 22.7 Å². The summed E-state index contributed by atoms with van der Waals surface area (Å²) in [6.45, 7) is 5.42. The van der Waals surface area contributed by atoms with E-state index in [0.717, 1.165) is 23.5 Å². The first kappa shape index (κ1) is 17.6. The molecule has 132 valence electrons. The van der Waals surface area contributed by atoms with Gasteiger partial charge in [0.05, 0.1) is 27.2 Å². The summed E-state index contributed by atoms with van der Waals surface area (Å²) in [5.41, 5.74) is 2.38. The third-order valence-corrected chi connectivity index (χ3v) is 4.95. The summed E-state index contributed by atoms with van der Waals surface area (Å²) in [6, 6.07) is 5.88. The number of nitrogens with zero attached hydrogens (tertiary/aromatic N) is 3. The molecule has 1 amide bonds. The minimum absolute atomic E-state index is 0.119. The zero-order chi connectivity index (χ0) is 18.0. The molecule has 3 heterocycles. The number of rotatable bonds is 6. The Morgan fingerprint density at radius 3 is 2.80 bits per heavy atom. The quantitative estimate of drug-likeness (QED) is 0.685. The molecule has 0 aliphatic rings. The average molecular weight is 358 g/mol. The molecule has 0 aromatic carbocycles. The van der Waals surface area contributed by atoms with Crippen LogP contribution in [0.2, 0.25) is 0 Å². The van der Waals surface area contributed by atoms with Crippen LogP contribution in [0.3, 0.4) is 0 Å². The van der Waals surface area contributed by atoms with Crippen LogP contribution < -0.4 is 5.32 Å². The predicted molar refractivity (Wildman–Crippen MR) is 100 cm³/mol. The molecule has 7 heteroatoms. The zero-order valence-corrected chi connectivity index (χ0v) is 15.7. The van der Waals surface area contributed by atoms with E-state index < -0.39 is 0 Å². The number of carbonyl (C=O) groups excluding carboxylic acids is 1. The van der Waals surface area contributed by atoms with Gasteiger partial charge in [-0.05, 0) is 59.1 Å². The van der Waals surface area contributed by atoms with Gasteiger partial charge in [0.1, 0.15) is 0 Å². The second kappa shape index (κ2) is 7.33. The van der Waals surface area contributed by atoms with Gasteiger partial charge in [-0.2, -0.15) is 0 Å². The Bertz CT molecular complexity index is 898. The van der Waals surface area contributed by atoms with Crippen LogP contribution in [0.1, 0.15) is 27.3 Å². The molecule has 0 saturated carbocycles. The van der Waals surface area contributed by atoms with E-state index in [2.05, 4.69) is 20.4 Å². The van der Waals surface area contributed by atoms with Crippen LogP contribution in [-0.4, -0.2) is 48.1 Å². The molecule has 0 aliphatic heterocycles. The van der Waals surface area contributed by atoms with Crippen molar-refractivity contribution >= 4 is 28.3 Å². The molecule has 0 unspecified atom stereocenters. The van der Waals surface area contributed by atoms with E-state index in [1.807, 2.05) is 46.1 Å². The first-order valence-electron chi connectivity index (χ1n) is 8.22. The molecule has 0 aliphatic carbocycles. The van der Waals surface area contributed by atoms with Gasteiger partial charge in [-0.15, -0.1) is 11.3 Å². The Hall–Kier alpha value is -2.25. The number of hydrogen-bond acceptors (Lipinski definition) is 6. The van der Waals surface area contributed by atoms with Gasteiger partial charge in [0, 0.05) is 11.4 Å². The molecule has 25 heavy (non-hydrogen) atoms. The average Bonchev–Trinajstić information content (AvgIpc) is 3.17. The van der Waals surface area contributed by atoms with Gasteiger partial charge in [-0.25, -0.2) is 4.98 Å². The standard InChI is InChI=1S/C18H22N4O2S/c1-11-6-7-15(25-11)14-10-13(16-12(2)21-24-18(16)20-14)17(23)19-8-5-9-22(3)4/h6-7,10H,5,8-9H2,1-4H3,(H,19,23). The van der Waals surface area contributed by atoms with Crippen LogP contribution in [0.5, 0.6) is 0 Å². The van der Waals surface area contributed by atoms with E-state index in [-0.39, 0.29) is 5.91 Å². The number of aryl methyl sites for hydroxylation is 2. The van der Waals surface area contributed by atoms with Gasteiger partial charge in [0.2, 0.25) is 0 Å². The second-order valence-electron chi connectivity index (χ2n) is 6.33. The topological polar surface area (TPSA) is 71.3 Å². The minimum atomic E-state index is -0.119. The molecule has 6 nitrogen and oxygen atoms in total. The van der Waals surface area contributed by atoms with Gasteiger partial charge in [0.25, 0.3) is 11.6 Å². The van der Waals surface area contributed by atoms with E-state index in [1.54, 1.807) is 11.3 Å². The Kier molecular flexibility index (Phi) is 5.15. The fourth-order valence-electron chi connectivity index (χ4n) is 2.66. The Morgan fingerprint density at radius 1 is 1.32 bits per heavy atom. The molecule has 3 rings (SSSR count). The normalized spacial score (nSPS) is 11.4. The van der Waals surface area contributed by atoms with Crippen molar-refractivity contribution in [3.63, 3.8) is 0 Å². The SMILES string of the molecule is Cc1ccc(-c2cc(C(=O)NCCCN(C)C)c3c(C)noc3n2)s1. The highest BCUT2D eigenvalue weighted by Gasteiger charge is 2.19. The first-order chi connectivity index (χ1) is 12.0. The van der Waals surface area contributed by atoms with Gasteiger partial charge < -0.3 is 14.7 Å². The van der Waals surface area contributed by atoms with Crippen molar-refractivity contribution in [2.45, 2.75) is 20.3 Å². The molecular formula is C18H22N4O2S. The summed E-state index contributed by atoms with van der Waals surface area (Å²) < 4.78 is 5.32. The Balaban J connectivity index is 1.92. The van der Waals surface area contributed by atoms with Crippen molar-refractivity contribution in [3.05, 3.63) is 34.3 Å². The summed E-state index contributed by atoms with van der Waals surface area (Å²) in [7, 11) is 4.04. The van der Waals surface area contributed by atoms with Crippen LogP contribution in [0.25, 0.3) is 21.7 Å². The van der Waals surface area contributed by atoms with Crippen molar-refractivity contribution in [2.75, 3.05) is 27.2 Å². The monoisotopic (exact) mass is 358 g/mol. The number of nitrogens with one attached hydrogen (secondary N) is 1. The lowest BCUT2D eigenvalue weighted by Gasteiger charge is -2.10. The van der Waals surface area contributed by atoms with Crippen molar-refractivity contribution in [1.82, 2.24) is 20.4 Å². The maximum atomic E-state index is 12.7. The second-order valence-corrected chi connectivity index (χ2v) is 7.61. The summed E-state index contributed by atoms with van der Waals surface area (Å²) in [4.78, 5) is 21.6. The van der Waals surface area contributed by atoms with Crippen LogP contribution >= 0.6 is 11.3 Å². The van der Waals surface area contributed by atoms with Crippen molar-refractivity contribution in [2.24, 2.45) is 0 Å². The third kappa shape index (κ3) is 3.88. The molecule has 0 saturated heterocycles. The fraction of sp³-hybridized carbons (Fsp3) is 0.389. The smallest absolute Gasteiger partial charge is 0.259 e. The van der Waals surface area contributed by atoms with Gasteiger partial charge in [0.15, 0.2) is 0 Å². The van der Waals surface area contributed by atoms with E-state index in [0.29, 0.717) is 28.9 Å². The predicted octanol–water partition coefficient (Wildman–Crippen LogP) is 3.25. The summed E-state index contributed by atoms with van der Waals surface area (Å²) in [5, 5.41) is 7.65. The summed E-state index contributed by atoms with van der Waals surface area (Å²) in [6.07, 6.45) is 0.895. The minimum Gasteiger partial charge on any atom is -0.352 e. The lowest BCUT2D eigenvalue weighted by molar-refractivity contribution is 0.0954. The molecule has 0 fully saturated rings. The largest absolute Gasteiger partial charge is 0.352 e. The van der Waals surface area contributed by atoms with Crippen LogP contribution in [0.4, 0.5) is 0 Å². The highest BCUT2D eigenvalue weighted by molar-refractivity contribution is 7.15. The number of fused-ring (bicyclic) bond motifs is 1. The van der Waals surface area contributed by atoms with Crippen molar-refractivity contribution in [1.29, 1.82) is 0 Å². The maximum Gasteiger partial charge on any atom is 0.259 e. The van der Waals surface area contributed by atoms with Gasteiger partial charge in [-0.1, -0.05) is 5.16 Å². The molecule has 3 aromatic heterocycles. The summed E-state index contributed by atoms with van der Waals surface area (Å²) >= 11 is 1.64. The number of hydrogen-bond donors (Lipinski definition) is 1. The lowest BCUT2D eigenvalue weighted by Crippen LogP contribution is -2.27. The lowest BCUT2D eigenvalue weighted by atomic mass is 10.1. The number of thiophene rings is 1. The van der Waals surface area contributed by atoms with Gasteiger partial charge >= 0.3 is 0 Å². The summed E-state index contributed by atoms with van der Waals surface area (Å²) in [5.74, 6) is -0.119. The van der Waals surface area contributed by atoms with Crippen molar-refractivity contribution in [3.8, 4) is 10.6 Å². The number of carbonyl (C=O) groups is 1. The Morgan fingerprint density at radius 2 is 2.12 bits per heavy atom. The van der Waals surface area contributed by atoms with E-state index >= 15 is 0 Å². The fourth-order valence-corrected chi connectivity index (χ4v) is 3.49. The molecule has 1 N–H and O–H groups in total. The highest BCUT2D eigenvalue weighted by Crippen LogP contribution is 2.30. The Labute approximate surface area is 150 Å². The zero-order valence-electron chi connectivity index (χ0n) is 14.9. The van der Waals surface area contributed by atoms with Crippen molar-refractivity contribution < 1.29 is 9.32 Å². The number of amides is 1. The molecule has 0 spiro atoms. The van der Waals surface area contributed by atoms with Crippen LogP contribution in [0, 0.1) is 13.8 Å². The van der Waals surface area contributed by atoms with E-state index in [1.165, 1.54) is 4.88 Å². The maximum absolute atomic E-state index is 12.7. The van der Waals surface area contributed by atoms with E-state index in [4.69, 9.17) is 4.52 Å². The van der Waals surface area contributed by atoms with Gasteiger partial charge in [-0.3, -0.25) is 4.79 Å². The third-order valence-electron chi connectivity index (χ3n) is 3.92. The number of pyridine rings is 1. The number of aromatic nitrogens is 2. The molecule has 0 bridgehead atoms. The highest BCUT2D eigenvalue weighted by atomic mass is 32.1. The first-order valence-corrected chi connectivity index (χ1v) is 9.04. The van der Waals surface area contributed by atoms with E-state index in [9.17, 15) is 4.79 Å².